The Balaban J connectivity index is 1.97. The minimum Gasteiger partial charge on any atom is -0.484 e. The average Bonchev–Trinajstić information content (AvgIpc) is 2.54. The SMILES string of the molecule is CCCC(=O)Nc1ccccc1NC(=O)COc1cc(C)cc(C)c1. The Morgan fingerprint density at radius 3 is 2.04 bits per heavy atom. The topological polar surface area (TPSA) is 67.4 Å². The van der Waals surface area contributed by atoms with Crippen molar-refractivity contribution in [3.05, 3.63) is 53.6 Å². The summed E-state index contributed by atoms with van der Waals surface area (Å²) in [5, 5.41) is 5.59. The highest BCUT2D eigenvalue weighted by atomic mass is 16.5. The summed E-state index contributed by atoms with van der Waals surface area (Å²) in [6.45, 7) is 5.81. The fourth-order valence-electron chi connectivity index (χ4n) is 2.49. The van der Waals surface area contributed by atoms with E-state index in [-0.39, 0.29) is 18.4 Å². The molecule has 25 heavy (non-hydrogen) atoms. The van der Waals surface area contributed by atoms with E-state index in [1.54, 1.807) is 18.2 Å². The molecule has 2 aromatic carbocycles. The normalized spacial score (nSPS) is 10.2. The van der Waals surface area contributed by atoms with Crippen LogP contribution in [0.3, 0.4) is 0 Å². The highest BCUT2D eigenvalue weighted by molar-refractivity contribution is 5.99. The van der Waals surface area contributed by atoms with E-state index in [0.29, 0.717) is 23.5 Å². The third-order valence-corrected chi connectivity index (χ3v) is 3.52. The number of para-hydroxylation sites is 2. The molecule has 2 N–H and O–H groups in total. The zero-order valence-corrected chi connectivity index (χ0v) is 14.9. The molecule has 2 amide bonds. The molecule has 0 saturated heterocycles. The van der Waals surface area contributed by atoms with E-state index < -0.39 is 0 Å². The minimum absolute atomic E-state index is 0.0734. The Morgan fingerprint density at radius 2 is 1.48 bits per heavy atom. The number of carbonyl (C=O) groups is 2. The standard InChI is InChI=1S/C20H24N2O3/c1-4-7-19(23)21-17-8-5-6-9-18(17)22-20(24)13-25-16-11-14(2)10-15(3)12-16/h5-6,8-12H,4,7,13H2,1-3H3,(H,21,23)(H,22,24). The molecule has 0 aliphatic heterocycles. The van der Waals surface area contributed by atoms with Crippen LogP contribution >= 0.6 is 0 Å². The Hall–Kier alpha value is -2.82. The van der Waals surface area contributed by atoms with Gasteiger partial charge in [-0.3, -0.25) is 9.59 Å². The summed E-state index contributed by atoms with van der Waals surface area (Å²) in [6, 6.07) is 12.9. The Morgan fingerprint density at radius 1 is 0.920 bits per heavy atom. The van der Waals surface area contributed by atoms with Crippen molar-refractivity contribution in [1.82, 2.24) is 0 Å². The number of anilines is 2. The number of benzene rings is 2. The van der Waals surface area contributed by atoms with E-state index in [1.807, 2.05) is 45.0 Å². The number of carbonyl (C=O) groups excluding carboxylic acids is 2. The maximum atomic E-state index is 12.2. The van der Waals surface area contributed by atoms with Crippen LogP contribution in [0.2, 0.25) is 0 Å². The molecule has 0 atom stereocenters. The highest BCUT2D eigenvalue weighted by Crippen LogP contribution is 2.21. The van der Waals surface area contributed by atoms with Gasteiger partial charge in [0.2, 0.25) is 5.91 Å². The first-order valence-electron chi connectivity index (χ1n) is 8.37. The first kappa shape index (κ1) is 18.5. The van der Waals surface area contributed by atoms with E-state index in [2.05, 4.69) is 10.6 Å². The predicted molar refractivity (Wildman–Crippen MR) is 100 cm³/mol. The molecule has 0 unspecified atom stereocenters. The summed E-state index contributed by atoms with van der Waals surface area (Å²) in [5.41, 5.74) is 3.31. The van der Waals surface area contributed by atoms with Crippen LogP contribution in [0.4, 0.5) is 11.4 Å². The van der Waals surface area contributed by atoms with Gasteiger partial charge in [0.1, 0.15) is 5.75 Å². The van der Waals surface area contributed by atoms with Gasteiger partial charge in [-0.1, -0.05) is 25.1 Å². The molecular formula is C20H24N2O3. The van der Waals surface area contributed by atoms with Crippen molar-refractivity contribution in [3.63, 3.8) is 0 Å². The molecule has 0 aliphatic carbocycles. The van der Waals surface area contributed by atoms with E-state index in [9.17, 15) is 9.59 Å². The van der Waals surface area contributed by atoms with E-state index in [1.165, 1.54) is 0 Å². The molecule has 0 radical (unpaired) electrons. The highest BCUT2D eigenvalue weighted by Gasteiger charge is 2.10. The first-order valence-corrected chi connectivity index (χ1v) is 8.37. The third-order valence-electron chi connectivity index (χ3n) is 3.52. The van der Waals surface area contributed by atoms with Crippen LogP contribution in [0.25, 0.3) is 0 Å². The number of hydrogen-bond donors (Lipinski definition) is 2. The zero-order valence-electron chi connectivity index (χ0n) is 14.9. The van der Waals surface area contributed by atoms with Crippen LogP contribution in [0.1, 0.15) is 30.9 Å². The molecule has 2 rings (SSSR count). The number of nitrogens with one attached hydrogen (secondary N) is 2. The lowest BCUT2D eigenvalue weighted by atomic mass is 10.1. The van der Waals surface area contributed by atoms with Crippen molar-refractivity contribution in [2.45, 2.75) is 33.6 Å². The van der Waals surface area contributed by atoms with Gasteiger partial charge in [-0.25, -0.2) is 0 Å². The van der Waals surface area contributed by atoms with E-state index >= 15 is 0 Å². The fourth-order valence-corrected chi connectivity index (χ4v) is 2.49. The second kappa shape index (κ2) is 8.87. The maximum Gasteiger partial charge on any atom is 0.262 e. The van der Waals surface area contributed by atoms with Gasteiger partial charge in [0.15, 0.2) is 6.61 Å². The first-order chi connectivity index (χ1) is 12.0. The van der Waals surface area contributed by atoms with Gasteiger partial charge in [0.05, 0.1) is 11.4 Å². The number of amides is 2. The quantitative estimate of drug-likeness (QED) is 0.799. The second-order valence-electron chi connectivity index (χ2n) is 6.00. The molecule has 0 aromatic heterocycles. The van der Waals surface area contributed by atoms with Crippen molar-refractivity contribution in [1.29, 1.82) is 0 Å². The van der Waals surface area contributed by atoms with Crippen molar-refractivity contribution in [3.8, 4) is 5.75 Å². The summed E-state index contributed by atoms with van der Waals surface area (Å²) in [4.78, 5) is 23.9. The lowest BCUT2D eigenvalue weighted by Crippen LogP contribution is -2.21. The number of aryl methyl sites for hydroxylation is 2. The summed E-state index contributed by atoms with van der Waals surface area (Å²) in [5.74, 6) is 0.309. The third kappa shape index (κ3) is 5.95. The second-order valence-corrected chi connectivity index (χ2v) is 6.00. The van der Waals surface area contributed by atoms with Crippen molar-refractivity contribution >= 4 is 23.2 Å². The summed E-state index contributed by atoms with van der Waals surface area (Å²) in [7, 11) is 0. The molecule has 0 fully saturated rings. The molecule has 0 saturated carbocycles. The number of rotatable bonds is 7. The van der Waals surface area contributed by atoms with Crippen LogP contribution < -0.4 is 15.4 Å². The molecule has 0 heterocycles. The Labute approximate surface area is 148 Å². The molecule has 0 spiro atoms. The maximum absolute atomic E-state index is 12.2. The molecule has 5 heteroatoms. The van der Waals surface area contributed by atoms with Gasteiger partial charge in [0, 0.05) is 6.42 Å². The molecule has 0 aliphatic rings. The summed E-state index contributed by atoms with van der Waals surface area (Å²) < 4.78 is 5.56. The average molecular weight is 340 g/mol. The van der Waals surface area contributed by atoms with E-state index in [0.717, 1.165) is 17.5 Å². The molecule has 132 valence electrons. The van der Waals surface area contributed by atoms with Gasteiger partial charge in [-0.2, -0.15) is 0 Å². The van der Waals surface area contributed by atoms with Crippen LogP contribution in [-0.4, -0.2) is 18.4 Å². The van der Waals surface area contributed by atoms with Crippen molar-refractivity contribution in [2.75, 3.05) is 17.2 Å². The largest absolute Gasteiger partial charge is 0.484 e. The fraction of sp³-hybridized carbons (Fsp3) is 0.300. The van der Waals surface area contributed by atoms with E-state index in [4.69, 9.17) is 4.74 Å². The number of hydrogen-bond acceptors (Lipinski definition) is 3. The lowest BCUT2D eigenvalue weighted by Gasteiger charge is -2.13. The van der Waals surface area contributed by atoms with Gasteiger partial charge in [-0.05, 0) is 55.7 Å². The molecule has 5 nitrogen and oxygen atoms in total. The predicted octanol–water partition coefficient (Wildman–Crippen LogP) is 4.06. The smallest absolute Gasteiger partial charge is 0.262 e. The molecule has 0 bridgehead atoms. The van der Waals surface area contributed by atoms with Gasteiger partial charge < -0.3 is 15.4 Å². The van der Waals surface area contributed by atoms with Gasteiger partial charge >= 0.3 is 0 Å². The molecular weight excluding hydrogens is 316 g/mol. The zero-order chi connectivity index (χ0) is 18.2. The van der Waals surface area contributed by atoms with Crippen LogP contribution in [0, 0.1) is 13.8 Å². The van der Waals surface area contributed by atoms with Crippen molar-refractivity contribution < 1.29 is 14.3 Å². The lowest BCUT2D eigenvalue weighted by molar-refractivity contribution is -0.118. The minimum atomic E-state index is -0.281. The van der Waals surface area contributed by atoms with Gasteiger partial charge in [-0.15, -0.1) is 0 Å². The van der Waals surface area contributed by atoms with Gasteiger partial charge in [0.25, 0.3) is 5.91 Å². The monoisotopic (exact) mass is 340 g/mol. The van der Waals surface area contributed by atoms with Crippen LogP contribution in [-0.2, 0) is 9.59 Å². The molecule has 2 aromatic rings. The Kier molecular flexibility index (Phi) is 6.57. The summed E-state index contributed by atoms with van der Waals surface area (Å²) >= 11 is 0. The van der Waals surface area contributed by atoms with Crippen LogP contribution in [0.15, 0.2) is 42.5 Å². The van der Waals surface area contributed by atoms with Crippen LogP contribution in [0.5, 0.6) is 5.75 Å². The number of ether oxygens (including phenoxy) is 1. The Bertz CT molecular complexity index is 736. The van der Waals surface area contributed by atoms with Crippen molar-refractivity contribution in [2.24, 2.45) is 0 Å². The summed E-state index contributed by atoms with van der Waals surface area (Å²) in [6.07, 6.45) is 1.21.